The van der Waals surface area contributed by atoms with Crippen LogP contribution >= 0.6 is 22.9 Å². The second kappa shape index (κ2) is 4.59. The maximum Gasteiger partial charge on any atom is 0.182 e. The molecular formula is C8H10N4O2S3. The van der Waals surface area contributed by atoms with Crippen LogP contribution < -0.4 is 11.1 Å². The van der Waals surface area contributed by atoms with Gasteiger partial charge >= 0.3 is 0 Å². The predicted molar refractivity (Wildman–Crippen MR) is 69.1 cm³/mol. The maximum absolute atomic E-state index is 11.5. The number of rotatable bonds is 4. The van der Waals surface area contributed by atoms with E-state index < -0.39 is 9.84 Å². The van der Waals surface area contributed by atoms with Crippen LogP contribution in [0.4, 0.5) is 10.8 Å². The van der Waals surface area contributed by atoms with Crippen LogP contribution in [0.15, 0.2) is 15.8 Å². The van der Waals surface area contributed by atoms with E-state index in [4.69, 9.17) is 5.73 Å². The van der Waals surface area contributed by atoms with Gasteiger partial charge in [-0.25, -0.2) is 13.4 Å². The minimum absolute atomic E-state index is 0.0401. The fourth-order valence-corrected chi connectivity index (χ4v) is 3.88. The summed E-state index contributed by atoms with van der Waals surface area (Å²) >= 11 is 2.52. The van der Waals surface area contributed by atoms with Crippen molar-refractivity contribution in [1.82, 2.24) is 9.36 Å². The van der Waals surface area contributed by atoms with Crippen LogP contribution in [0.1, 0.15) is 5.69 Å². The number of aromatic nitrogens is 2. The van der Waals surface area contributed by atoms with Crippen LogP contribution in [-0.2, 0) is 16.4 Å². The molecule has 6 nitrogen and oxygen atoms in total. The Kier molecular flexibility index (Phi) is 3.31. The lowest BCUT2D eigenvalue weighted by molar-refractivity contribution is 0.602. The van der Waals surface area contributed by atoms with Gasteiger partial charge in [0.15, 0.2) is 15.7 Å². The number of thiazole rings is 1. The van der Waals surface area contributed by atoms with Gasteiger partial charge in [0.1, 0.15) is 9.90 Å². The lowest BCUT2D eigenvalue weighted by Crippen LogP contribution is -2.05. The topological polar surface area (TPSA) is 98.0 Å². The van der Waals surface area contributed by atoms with Crippen LogP contribution in [-0.4, -0.2) is 24.0 Å². The fraction of sp³-hybridized carbons (Fsp3) is 0.250. The molecule has 0 saturated heterocycles. The van der Waals surface area contributed by atoms with E-state index in [2.05, 4.69) is 14.7 Å². The molecule has 0 unspecified atom stereocenters. The van der Waals surface area contributed by atoms with Crippen molar-refractivity contribution in [2.75, 3.05) is 17.3 Å². The van der Waals surface area contributed by atoms with Gasteiger partial charge < -0.3 is 11.1 Å². The molecule has 0 saturated carbocycles. The Labute approximate surface area is 107 Å². The zero-order valence-electron chi connectivity index (χ0n) is 8.87. The molecule has 0 amide bonds. The first-order valence-electron chi connectivity index (χ1n) is 4.54. The molecule has 0 spiro atoms. The van der Waals surface area contributed by atoms with Gasteiger partial charge in [-0.3, -0.25) is 0 Å². The van der Waals surface area contributed by atoms with E-state index in [1.165, 1.54) is 11.3 Å². The molecule has 9 heteroatoms. The van der Waals surface area contributed by atoms with Gasteiger partial charge in [0.05, 0.1) is 17.7 Å². The highest BCUT2D eigenvalue weighted by atomic mass is 32.2. The van der Waals surface area contributed by atoms with Crippen LogP contribution in [0.2, 0.25) is 0 Å². The molecule has 0 aliphatic heterocycles. The van der Waals surface area contributed by atoms with E-state index in [-0.39, 0.29) is 10.7 Å². The number of nitrogen functional groups attached to an aromatic ring is 1. The highest BCUT2D eigenvalue weighted by Crippen LogP contribution is 2.31. The third-order valence-corrected chi connectivity index (χ3v) is 4.70. The van der Waals surface area contributed by atoms with Crippen molar-refractivity contribution in [2.24, 2.45) is 0 Å². The van der Waals surface area contributed by atoms with E-state index in [1.807, 2.05) is 5.38 Å². The first-order chi connectivity index (χ1) is 7.98. The summed E-state index contributed by atoms with van der Waals surface area (Å²) in [5.41, 5.74) is 8.11. The number of hydrogen-bond acceptors (Lipinski definition) is 8. The molecule has 2 aromatic rings. The zero-order chi connectivity index (χ0) is 12.5. The molecule has 3 N–H and O–H groups in total. The first kappa shape index (κ1) is 12.3. The Morgan fingerprint density at radius 3 is 2.88 bits per heavy atom. The van der Waals surface area contributed by atoms with Crippen molar-refractivity contribution >= 4 is 43.5 Å². The van der Waals surface area contributed by atoms with Crippen molar-refractivity contribution < 1.29 is 8.42 Å². The standard InChI is InChI=1S/C8H10N4O2S3/c1-17(13,14)6-7(9)12-16-8(6)10-2-5-3-15-4-11-5/h3-4,10H,2H2,1H3,(H2,9,12). The number of hydrogen-bond donors (Lipinski definition) is 2. The van der Waals surface area contributed by atoms with Gasteiger partial charge in [0.2, 0.25) is 0 Å². The smallest absolute Gasteiger partial charge is 0.182 e. The minimum Gasteiger partial charge on any atom is -0.382 e. The van der Waals surface area contributed by atoms with E-state index in [1.54, 1.807) is 5.51 Å². The van der Waals surface area contributed by atoms with Crippen molar-refractivity contribution in [3.63, 3.8) is 0 Å². The molecule has 0 atom stereocenters. The molecule has 0 radical (unpaired) electrons. The van der Waals surface area contributed by atoms with Crippen LogP contribution in [0, 0.1) is 0 Å². The lowest BCUT2D eigenvalue weighted by Gasteiger charge is -2.03. The number of sulfone groups is 1. The van der Waals surface area contributed by atoms with Gasteiger partial charge in [-0.05, 0) is 11.5 Å². The van der Waals surface area contributed by atoms with Crippen LogP contribution in [0.3, 0.4) is 0 Å². The summed E-state index contributed by atoms with van der Waals surface area (Å²) in [4.78, 5) is 4.16. The Bertz CT molecular complexity index is 603. The number of anilines is 2. The molecule has 17 heavy (non-hydrogen) atoms. The third kappa shape index (κ3) is 2.73. The van der Waals surface area contributed by atoms with Gasteiger partial charge in [0.25, 0.3) is 0 Å². The average Bonchev–Trinajstić information content (AvgIpc) is 2.82. The molecular weight excluding hydrogens is 280 g/mol. The van der Waals surface area contributed by atoms with Crippen molar-refractivity contribution in [1.29, 1.82) is 0 Å². The second-order valence-corrected chi connectivity index (χ2v) is 6.78. The Morgan fingerprint density at radius 1 is 1.53 bits per heavy atom. The van der Waals surface area contributed by atoms with E-state index in [0.29, 0.717) is 11.5 Å². The summed E-state index contributed by atoms with van der Waals surface area (Å²) in [6.07, 6.45) is 1.11. The van der Waals surface area contributed by atoms with E-state index >= 15 is 0 Å². The number of nitrogens with zero attached hydrogens (tertiary/aromatic N) is 2. The summed E-state index contributed by atoms with van der Waals surface area (Å²) in [7, 11) is -3.37. The SMILES string of the molecule is CS(=O)(=O)c1c(N)nsc1NCc1cscn1. The van der Waals surface area contributed by atoms with E-state index in [0.717, 1.165) is 23.5 Å². The summed E-state index contributed by atoms with van der Waals surface area (Å²) in [5.74, 6) is 0.0401. The summed E-state index contributed by atoms with van der Waals surface area (Å²) < 4.78 is 26.9. The van der Waals surface area contributed by atoms with Crippen LogP contribution in [0.25, 0.3) is 0 Å². The maximum atomic E-state index is 11.5. The van der Waals surface area contributed by atoms with Crippen molar-refractivity contribution in [2.45, 2.75) is 11.4 Å². The summed E-state index contributed by atoms with van der Waals surface area (Å²) in [5, 5.41) is 5.33. The molecule has 2 heterocycles. The largest absolute Gasteiger partial charge is 0.382 e. The normalized spacial score (nSPS) is 11.6. The fourth-order valence-electron chi connectivity index (χ4n) is 1.26. The average molecular weight is 290 g/mol. The molecule has 0 fully saturated rings. The lowest BCUT2D eigenvalue weighted by atomic mass is 10.5. The summed E-state index contributed by atoms with van der Waals surface area (Å²) in [6, 6.07) is 0. The molecule has 0 bridgehead atoms. The quantitative estimate of drug-likeness (QED) is 0.878. The van der Waals surface area contributed by atoms with E-state index in [9.17, 15) is 8.42 Å². The zero-order valence-corrected chi connectivity index (χ0v) is 11.3. The van der Waals surface area contributed by atoms with Gasteiger partial charge in [-0.1, -0.05) is 0 Å². The highest BCUT2D eigenvalue weighted by molar-refractivity contribution is 7.91. The third-order valence-electron chi connectivity index (χ3n) is 1.96. The Morgan fingerprint density at radius 2 is 2.29 bits per heavy atom. The van der Waals surface area contributed by atoms with Gasteiger partial charge in [0, 0.05) is 11.6 Å². The molecule has 2 aromatic heterocycles. The molecule has 2 rings (SSSR count). The van der Waals surface area contributed by atoms with Crippen molar-refractivity contribution in [3.05, 3.63) is 16.6 Å². The Balaban J connectivity index is 2.22. The minimum atomic E-state index is -3.37. The molecule has 92 valence electrons. The molecule has 0 aromatic carbocycles. The number of nitrogens with two attached hydrogens (primary N) is 1. The second-order valence-electron chi connectivity index (χ2n) is 3.33. The van der Waals surface area contributed by atoms with Crippen molar-refractivity contribution in [3.8, 4) is 0 Å². The predicted octanol–water partition coefficient (Wildman–Crippen LogP) is 1.20. The first-order valence-corrected chi connectivity index (χ1v) is 8.15. The Hall–Kier alpha value is -1.19. The highest BCUT2D eigenvalue weighted by Gasteiger charge is 2.21. The molecule has 0 aliphatic rings. The summed E-state index contributed by atoms with van der Waals surface area (Å²) in [6.45, 7) is 0.452. The monoisotopic (exact) mass is 290 g/mol. The van der Waals surface area contributed by atoms with Crippen LogP contribution in [0.5, 0.6) is 0 Å². The van der Waals surface area contributed by atoms with Gasteiger partial charge in [-0.15, -0.1) is 11.3 Å². The molecule has 0 aliphatic carbocycles. The van der Waals surface area contributed by atoms with Gasteiger partial charge in [-0.2, -0.15) is 4.37 Å². The number of nitrogens with one attached hydrogen (secondary N) is 1.